The summed E-state index contributed by atoms with van der Waals surface area (Å²) in [6.45, 7) is 2.11. The van der Waals surface area contributed by atoms with Crippen molar-refractivity contribution in [2.75, 3.05) is 17.7 Å². The molecule has 0 spiro atoms. The van der Waals surface area contributed by atoms with Gasteiger partial charge in [0.25, 0.3) is 12.6 Å². The van der Waals surface area contributed by atoms with Crippen molar-refractivity contribution in [1.82, 2.24) is 24.6 Å². The fourth-order valence-corrected chi connectivity index (χ4v) is 6.02. The maximum absolute atomic E-state index is 11.6. The van der Waals surface area contributed by atoms with E-state index in [-0.39, 0.29) is 40.9 Å². The summed E-state index contributed by atoms with van der Waals surface area (Å²) >= 11 is 5.29. The molecule has 1 aromatic carbocycles. The monoisotopic (exact) mass is 637 g/mol. The standard InChI is InChI=1S/C26H36N7O8PS/c1-14(2)39-23(40-17-8-6-5-7-9-17)15(3)32-42(37,43)38-12-18-20(34)25(4,35)26(36,41-18)33-13-28-19-21(29-16-10-11-16)30-24(27)31-22(19)33/h5-9,13-14,16,18,20,34-36H,10-12H2,1-4H3,(H2,32,37,43)(H3,27,29,30,31)/t18-,20-,25-,26+,42+/m1/s1. The molecule has 1 saturated carbocycles. The van der Waals surface area contributed by atoms with Gasteiger partial charge in [0.15, 0.2) is 22.6 Å². The fraction of sp³-hybridized carbons (Fsp3) is 0.500. The molecule has 15 nitrogen and oxygen atoms in total. The Labute approximate surface area is 252 Å². The molecule has 3 aromatic rings. The highest BCUT2D eigenvalue weighted by Gasteiger charge is 2.64. The van der Waals surface area contributed by atoms with E-state index < -0.39 is 37.0 Å². The smallest absolute Gasteiger partial charge is 0.305 e. The molecule has 43 heavy (non-hydrogen) atoms. The Morgan fingerprint density at radius 1 is 1.26 bits per heavy atom. The van der Waals surface area contributed by atoms with E-state index in [0.29, 0.717) is 11.6 Å². The van der Waals surface area contributed by atoms with Crippen LogP contribution in [0.4, 0.5) is 11.8 Å². The lowest BCUT2D eigenvalue weighted by atomic mass is 9.94. The number of para-hydroxylation sites is 1. The van der Waals surface area contributed by atoms with Gasteiger partial charge in [0.2, 0.25) is 5.95 Å². The Morgan fingerprint density at radius 2 is 1.95 bits per heavy atom. The van der Waals surface area contributed by atoms with Gasteiger partial charge in [-0.05, 0) is 64.5 Å². The maximum Gasteiger partial charge on any atom is 0.305 e. The van der Waals surface area contributed by atoms with Gasteiger partial charge in [-0.3, -0.25) is 4.57 Å². The summed E-state index contributed by atoms with van der Waals surface area (Å²) in [6, 6.07) is 9.14. The van der Waals surface area contributed by atoms with E-state index in [0.717, 1.165) is 17.4 Å². The molecule has 2 aliphatic rings. The van der Waals surface area contributed by atoms with Crippen molar-refractivity contribution in [1.29, 1.82) is 0 Å². The third-order valence-electron chi connectivity index (χ3n) is 6.89. The summed E-state index contributed by atoms with van der Waals surface area (Å²) in [5.41, 5.74) is 4.25. The van der Waals surface area contributed by atoms with E-state index in [4.69, 9.17) is 36.3 Å². The number of ether oxygens (including phenoxy) is 3. The van der Waals surface area contributed by atoms with Crippen molar-refractivity contribution in [3.63, 3.8) is 0 Å². The average molecular weight is 638 g/mol. The summed E-state index contributed by atoms with van der Waals surface area (Å²) in [6.07, 6.45) is -0.142. The highest BCUT2D eigenvalue weighted by atomic mass is 32.5. The van der Waals surface area contributed by atoms with Gasteiger partial charge in [0.05, 0.1) is 18.4 Å². The molecule has 0 unspecified atom stereocenters. The number of aliphatic hydroxyl groups is 3. The highest BCUT2D eigenvalue weighted by Crippen LogP contribution is 2.46. The number of allylic oxidation sites excluding steroid dienone is 1. The predicted molar refractivity (Wildman–Crippen MR) is 160 cm³/mol. The van der Waals surface area contributed by atoms with Gasteiger partial charge in [-0.15, -0.1) is 0 Å². The summed E-state index contributed by atoms with van der Waals surface area (Å²) < 4.78 is 24.0. The summed E-state index contributed by atoms with van der Waals surface area (Å²) in [4.78, 5) is 23.6. The van der Waals surface area contributed by atoms with Crippen molar-refractivity contribution in [2.24, 2.45) is 0 Å². The lowest BCUT2D eigenvalue weighted by molar-refractivity contribution is -0.317. The van der Waals surface area contributed by atoms with E-state index in [1.807, 2.05) is 19.9 Å². The van der Waals surface area contributed by atoms with Gasteiger partial charge in [0, 0.05) is 6.04 Å². The number of fused-ring (bicyclic) bond motifs is 1. The number of nitrogen functional groups attached to an aromatic ring is 1. The second-order valence-electron chi connectivity index (χ2n) is 10.9. The van der Waals surface area contributed by atoms with E-state index in [9.17, 15) is 20.2 Å². The van der Waals surface area contributed by atoms with Gasteiger partial charge >= 0.3 is 5.95 Å². The minimum absolute atomic E-state index is 0.0676. The minimum Gasteiger partial charge on any atom is -0.461 e. The molecular formula is C26H36N7O8PS. The zero-order valence-corrected chi connectivity index (χ0v) is 25.7. The first-order chi connectivity index (χ1) is 20.2. The molecular weight excluding hydrogens is 601 g/mol. The zero-order chi connectivity index (χ0) is 31.2. The van der Waals surface area contributed by atoms with Crippen LogP contribution in [-0.4, -0.2) is 76.3 Å². The van der Waals surface area contributed by atoms with Crippen LogP contribution in [0.5, 0.6) is 5.75 Å². The number of anilines is 2. The predicted octanol–water partition coefficient (Wildman–Crippen LogP) is 1.61. The Balaban J connectivity index is 1.33. The van der Waals surface area contributed by atoms with Crippen molar-refractivity contribution in [3.8, 4) is 5.75 Å². The molecule has 3 heterocycles. The number of imidazole rings is 1. The van der Waals surface area contributed by atoms with Crippen LogP contribution in [0.1, 0.15) is 40.5 Å². The van der Waals surface area contributed by atoms with Crippen molar-refractivity contribution < 1.29 is 38.9 Å². The SMILES string of the molecule is CC(N[P@@](O)(=S)OC[C@H]1O[C@](O)(n2cnc3c(NC4CC4)nc(N)nc32)[C@](C)(O)[C@@H]1O)=C(Oc1ccccc1)OC(C)C. The van der Waals surface area contributed by atoms with E-state index >= 15 is 0 Å². The number of rotatable bonds is 12. The van der Waals surface area contributed by atoms with Crippen LogP contribution in [-0.2, 0) is 31.7 Å². The minimum atomic E-state index is -3.79. The number of nitrogens with one attached hydrogen (secondary N) is 2. The van der Waals surface area contributed by atoms with Crippen LogP contribution in [0.25, 0.3) is 11.2 Å². The summed E-state index contributed by atoms with van der Waals surface area (Å²) in [5, 5.41) is 39.9. The molecule has 5 rings (SSSR count). The van der Waals surface area contributed by atoms with Crippen LogP contribution < -0.4 is 20.9 Å². The number of hydrogen-bond donors (Lipinski definition) is 7. The Morgan fingerprint density at radius 3 is 2.60 bits per heavy atom. The van der Waals surface area contributed by atoms with E-state index in [1.165, 1.54) is 13.3 Å². The Kier molecular flexibility index (Phi) is 8.59. The summed E-state index contributed by atoms with van der Waals surface area (Å²) in [5.74, 6) is -1.70. The van der Waals surface area contributed by atoms with Crippen LogP contribution in [0.2, 0.25) is 0 Å². The van der Waals surface area contributed by atoms with Crippen LogP contribution in [0.3, 0.4) is 0 Å². The first-order valence-electron chi connectivity index (χ1n) is 13.6. The maximum atomic E-state index is 11.6. The Bertz CT molecular complexity index is 1550. The van der Waals surface area contributed by atoms with Crippen LogP contribution in [0, 0.1) is 0 Å². The average Bonchev–Trinajstić information content (AvgIpc) is 3.61. The molecule has 1 aliphatic heterocycles. The number of benzene rings is 1. The summed E-state index contributed by atoms with van der Waals surface area (Å²) in [7, 11) is 0. The lowest BCUT2D eigenvalue weighted by Gasteiger charge is -2.35. The molecule has 5 atom stereocenters. The first-order valence-corrected chi connectivity index (χ1v) is 16.3. The molecule has 2 aromatic heterocycles. The molecule has 17 heteroatoms. The number of aliphatic hydroxyl groups excluding tert-OH is 1. The molecule has 234 valence electrons. The molecule has 0 radical (unpaired) electrons. The third kappa shape index (κ3) is 6.56. The van der Waals surface area contributed by atoms with Gasteiger partial charge < -0.3 is 55.1 Å². The first kappa shape index (κ1) is 31.3. The number of nitrogens with zero attached hydrogens (tertiary/aromatic N) is 4. The van der Waals surface area contributed by atoms with E-state index in [2.05, 4.69) is 25.4 Å². The van der Waals surface area contributed by atoms with Gasteiger partial charge in [0.1, 0.15) is 24.3 Å². The molecule has 2 fully saturated rings. The lowest BCUT2D eigenvalue weighted by Crippen LogP contribution is -2.55. The molecule has 0 amide bonds. The largest absolute Gasteiger partial charge is 0.461 e. The second kappa shape index (κ2) is 11.8. The van der Waals surface area contributed by atoms with E-state index in [1.54, 1.807) is 31.2 Å². The topological polar surface area (TPSA) is 212 Å². The van der Waals surface area contributed by atoms with Crippen molar-refractivity contribution in [2.45, 2.75) is 76.4 Å². The zero-order valence-electron chi connectivity index (χ0n) is 24.0. The van der Waals surface area contributed by atoms with Crippen molar-refractivity contribution >= 4 is 41.4 Å². The molecule has 8 N–H and O–H groups in total. The quantitative estimate of drug-likeness (QED) is 0.111. The normalized spacial score (nSPS) is 27.6. The van der Waals surface area contributed by atoms with Crippen LogP contribution in [0.15, 0.2) is 48.3 Å². The van der Waals surface area contributed by atoms with Crippen molar-refractivity contribution in [3.05, 3.63) is 48.3 Å². The van der Waals surface area contributed by atoms with Gasteiger partial charge in [-0.1, -0.05) is 18.2 Å². The number of hydrogen-bond acceptors (Lipinski definition) is 13. The third-order valence-corrected chi connectivity index (χ3v) is 8.59. The Hall–Kier alpha value is -3.08. The molecule has 1 aliphatic carbocycles. The fourth-order valence-electron chi connectivity index (χ4n) is 4.50. The second-order valence-corrected chi connectivity index (χ2v) is 13.9. The van der Waals surface area contributed by atoms with Gasteiger partial charge in [-0.25, -0.2) is 4.98 Å². The number of aromatic nitrogens is 4. The van der Waals surface area contributed by atoms with Crippen LogP contribution >= 0.6 is 6.64 Å². The molecule has 0 bridgehead atoms. The van der Waals surface area contributed by atoms with Gasteiger partial charge in [-0.2, -0.15) is 9.97 Å². The molecule has 1 saturated heterocycles. The number of nitrogens with two attached hydrogens (primary N) is 1. The highest BCUT2D eigenvalue weighted by molar-refractivity contribution is 8.08.